The molecule has 52 heavy (non-hydrogen) atoms. The average molecular weight is 875 g/mol. The first-order valence-electron chi connectivity index (χ1n) is 17.2. The van der Waals surface area contributed by atoms with Gasteiger partial charge in [0.1, 0.15) is 5.58 Å². The topological polar surface area (TPSA) is 38.9 Å². The number of furan rings is 1. The zero-order valence-electron chi connectivity index (χ0n) is 30.1. The van der Waals surface area contributed by atoms with Crippen molar-refractivity contribution in [3.05, 3.63) is 162 Å². The Bertz CT molecular complexity index is 2480. The molecule has 3 nitrogen and oxygen atoms in total. The molecule has 0 saturated carbocycles. The monoisotopic (exact) mass is 875 g/mol. The van der Waals surface area contributed by atoms with Crippen LogP contribution in [0.25, 0.3) is 66.7 Å². The molecule has 1 radical (unpaired) electrons. The summed E-state index contributed by atoms with van der Waals surface area (Å²) in [5.41, 5.74) is 13.1. The molecule has 0 saturated heterocycles. The number of hydrogen-bond donors (Lipinski definition) is 0. The molecule has 0 fully saturated rings. The van der Waals surface area contributed by atoms with E-state index in [2.05, 4.69) is 118 Å². The van der Waals surface area contributed by atoms with Gasteiger partial charge < -0.3 is 14.4 Å². The molecule has 0 amide bonds. The Kier molecular flexibility index (Phi) is 10.8. The third-order valence-corrected chi connectivity index (χ3v) is 11.2. The molecular weight excluding hydrogens is 836 g/mol. The van der Waals surface area contributed by atoms with Crippen LogP contribution in [-0.2, 0) is 20.1 Å². The van der Waals surface area contributed by atoms with Gasteiger partial charge >= 0.3 is 0 Å². The molecule has 0 aliphatic heterocycles. The number of hydrogen-bond acceptors (Lipinski definition) is 3. The Balaban J connectivity index is 0.000000182. The van der Waals surface area contributed by atoms with Crippen LogP contribution in [0.15, 0.2) is 132 Å². The van der Waals surface area contributed by atoms with E-state index in [1.54, 1.807) is 6.20 Å². The van der Waals surface area contributed by atoms with E-state index < -0.39 is 8.07 Å². The number of rotatable bonds is 5. The van der Waals surface area contributed by atoms with Crippen LogP contribution in [0.3, 0.4) is 0 Å². The Morgan fingerprint density at radius 2 is 1.42 bits per heavy atom. The summed E-state index contributed by atoms with van der Waals surface area (Å²) >= 11 is 0. The van der Waals surface area contributed by atoms with E-state index in [0.29, 0.717) is 27.8 Å². The third kappa shape index (κ3) is 7.47. The van der Waals surface area contributed by atoms with Crippen molar-refractivity contribution in [2.75, 3.05) is 0 Å². The zero-order chi connectivity index (χ0) is 35.7. The molecule has 6 heteroatoms. The van der Waals surface area contributed by atoms with Crippen LogP contribution in [-0.4, -0.2) is 18.0 Å². The number of para-hydroxylation sites is 1. The standard InChI is InChI=1S/C26H19FNO.C20H20NSi.Ir/c1-15-12-16(2)24(17(3)13-15)18-10-11-28-22(14-18)19-8-9-21(27)25-20-6-4-5-7-23(20)29-26(19)25;1-22(2,3)20-15-21-19(17-12-8-5-9-13-17)14-18(20)16-10-6-4-7-11-16;/h4-7,9-14H,1-3H3;4-12,14-15H,1-3H3;/q2*-1;. The SMILES string of the molecule is C[Si](C)(C)c1cnc(-c2[c-]cccc2)cc1-c1ccccc1.Cc1cc(C)c(-c2ccnc(-c3[c-]cc(F)c4c3oc3ccccc34)c2)c(C)c1.[Ir]. The van der Waals surface area contributed by atoms with Crippen molar-refractivity contribution in [1.82, 2.24) is 9.97 Å². The first kappa shape index (κ1) is 36.8. The van der Waals surface area contributed by atoms with Crippen molar-refractivity contribution >= 4 is 35.2 Å². The van der Waals surface area contributed by atoms with Gasteiger partial charge in [-0.1, -0.05) is 104 Å². The van der Waals surface area contributed by atoms with Crippen LogP contribution in [0.1, 0.15) is 16.7 Å². The van der Waals surface area contributed by atoms with Crippen molar-refractivity contribution in [2.24, 2.45) is 0 Å². The minimum atomic E-state index is -1.46. The average Bonchev–Trinajstić information content (AvgIpc) is 3.52. The van der Waals surface area contributed by atoms with E-state index in [-0.39, 0.29) is 25.9 Å². The fourth-order valence-electron chi connectivity index (χ4n) is 6.89. The van der Waals surface area contributed by atoms with E-state index in [1.807, 2.05) is 54.6 Å². The molecule has 8 aromatic rings. The second-order valence-corrected chi connectivity index (χ2v) is 19.1. The summed E-state index contributed by atoms with van der Waals surface area (Å²) in [4.78, 5) is 9.25. The van der Waals surface area contributed by atoms with Gasteiger partial charge in [-0.2, -0.15) is 0 Å². The van der Waals surface area contributed by atoms with Gasteiger partial charge in [0, 0.05) is 43.7 Å². The van der Waals surface area contributed by atoms with E-state index in [9.17, 15) is 4.39 Å². The Morgan fingerprint density at radius 1 is 0.712 bits per heavy atom. The van der Waals surface area contributed by atoms with Gasteiger partial charge in [0.15, 0.2) is 0 Å². The van der Waals surface area contributed by atoms with Gasteiger partial charge in [-0.05, 0) is 88.2 Å². The Labute approximate surface area is 320 Å². The number of nitrogens with zero attached hydrogens (tertiary/aromatic N) is 2. The zero-order valence-corrected chi connectivity index (χ0v) is 33.5. The summed E-state index contributed by atoms with van der Waals surface area (Å²) in [7, 11) is -1.46. The van der Waals surface area contributed by atoms with E-state index >= 15 is 0 Å². The van der Waals surface area contributed by atoms with Gasteiger partial charge in [0.2, 0.25) is 0 Å². The number of aryl methyl sites for hydroxylation is 3. The smallest absolute Gasteiger partial charge is 0.121 e. The van der Waals surface area contributed by atoms with Gasteiger partial charge in [0.25, 0.3) is 0 Å². The first-order valence-corrected chi connectivity index (χ1v) is 20.7. The summed E-state index contributed by atoms with van der Waals surface area (Å²) in [5.74, 6) is -0.338. The van der Waals surface area contributed by atoms with E-state index in [0.717, 1.165) is 22.2 Å². The second kappa shape index (κ2) is 15.3. The fourth-order valence-corrected chi connectivity index (χ4v) is 8.37. The maximum atomic E-state index is 14.6. The van der Waals surface area contributed by atoms with Crippen LogP contribution in [0.2, 0.25) is 19.6 Å². The predicted octanol–water partition coefficient (Wildman–Crippen LogP) is 11.9. The molecule has 0 unspecified atom stereocenters. The maximum absolute atomic E-state index is 14.6. The number of aromatic nitrogens is 2. The first-order chi connectivity index (χ1) is 24.6. The Hall–Kier alpha value is -5.00. The van der Waals surface area contributed by atoms with Crippen molar-refractivity contribution in [3.8, 4) is 44.8 Å². The molecule has 0 aliphatic rings. The number of pyridine rings is 2. The summed E-state index contributed by atoms with van der Waals surface area (Å²) in [6.45, 7) is 13.4. The largest absolute Gasteiger partial charge is 0.500 e. The van der Waals surface area contributed by atoms with E-state index in [1.165, 1.54) is 44.6 Å². The third-order valence-electron chi connectivity index (χ3n) is 9.17. The molecule has 8 rings (SSSR count). The van der Waals surface area contributed by atoms with E-state index in [4.69, 9.17) is 9.40 Å². The summed E-state index contributed by atoms with van der Waals surface area (Å²) < 4.78 is 20.6. The summed E-state index contributed by atoms with van der Waals surface area (Å²) in [6.07, 6.45) is 3.86. The molecule has 0 aliphatic carbocycles. The van der Waals surface area contributed by atoms with Gasteiger partial charge in [-0.15, -0.1) is 48.0 Å². The van der Waals surface area contributed by atoms with Crippen LogP contribution in [0.5, 0.6) is 0 Å². The minimum Gasteiger partial charge on any atom is -0.500 e. The fraction of sp³-hybridized carbons (Fsp3) is 0.130. The molecule has 0 atom stereocenters. The number of fused-ring (bicyclic) bond motifs is 3. The molecule has 3 heterocycles. The van der Waals surface area contributed by atoms with Crippen LogP contribution >= 0.6 is 0 Å². The van der Waals surface area contributed by atoms with Gasteiger partial charge in [-0.3, -0.25) is 4.39 Å². The van der Waals surface area contributed by atoms with Crippen molar-refractivity contribution < 1.29 is 28.9 Å². The normalized spacial score (nSPS) is 11.2. The van der Waals surface area contributed by atoms with Crippen molar-refractivity contribution in [3.63, 3.8) is 0 Å². The van der Waals surface area contributed by atoms with Gasteiger partial charge in [-0.25, -0.2) is 0 Å². The van der Waals surface area contributed by atoms with Crippen molar-refractivity contribution in [1.29, 1.82) is 0 Å². The quantitative estimate of drug-likeness (QED) is 0.128. The van der Waals surface area contributed by atoms with Crippen LogP contribution in [0.4, 0.5) is 4.39 Å². The molecule has 5 aromatic carbocycles. The molecule has 0 N–H and O–H groups in total. The maximum Gasteiger partial charge on any atom is 0.121 e. The van der Waals surface area contributed by atoms with Gasteiger partial charge in [0.05, 0.1) is 13.7 Å². The summed E-state index contributed by atoms with van der Waals surface area (Å²) in [5, 5.41) is 2.64. The molecular formula is C46H39FIrN2OSi-2. The summed E-state index contributed by atoms with van der Waals surface area (Å²) in [6, 6.07) is 44.4. The molecule has 261 valence electrons. The predicted molar refractivity (Wildman–Crippen MR) is 212 cm³/mol. The number of halogens is 1. The molecule has 3 aromatic heterocycles. The molecule has 0 spiro atoms. The van der Waals surface area contributed by atoms with Crippen molar-refractivity contribution in [2.45, 2.75) is 40.4 Å². The molecule has 0 bridgehead atoms. The Morgan fingerprint density at radius 3 is 2.13 bits per heavy atom. The second-order valence-electron chi connectivity index (χ2n) is 14.0. The minimum absolute atomic E-state index is 0. The van der Waals surface area contributed by atoms with Crippen LogP contribution < -0.4 is 5.19 Å². The van der Waals surface area contributed by atoms with Crippen LogP contribution in [0, 0.1) is 38.7 Å². The number of benzene rings is 5.